The van der Waals surface area contributed by atoms with Crippen LogP contribution in [0.3, 0.4) is 0 Å². The lowest BCUT2D eigenvalue weighted by atomic mass is 10.1. The van der Waals surface area contributed by atoms with Crippen molar-refractivity contribution in [2.45, 2.75) is 19.9 Å². The van der Waals surface area contributed by atoms with Crippen molar-refractivity contribution < 1.29 is 9.59 Å². The first-order chi connectivity index (χ1) is 17.1. The summed E-state index contributed by atoms with van der Waals surface area (Å²) in [7, 11) is 0. The summed E-state index contributed by atoms with van der Waals surface area (Å²) in [6.45, 7) is 2.38. The number of carbonyl (C=O) groups excluding carboxylic acids is 2. The second-order valence-corrected chi connectivity index (χ2v) is 8.76. The highest BCUT2D eigenvalue weighted by atomic mass is 32.1. The summed E-state index contributed by atoms with van der Waals surface area (Å²) in [6, 6.07) is 22.7. The lowest BCUT2D eigenvalue weighted by Crippen LogP contribution is -2.12. The van der Waals surface area contributed by atoms with Crippen LogP contribution in [-0.4, -0.2) is 31.8 Å². The van der Waals surface area contributed by atoms with Crippen molar-refractivity contribution in [3.63, 3.8) is 0 Å². The van der Waals surface area contributed by atoms with Crippen molar-refractivity contribution in [1.82, 2.24) is 20.0 Å². The molecule has 0 spiro atoms. The molecule has 174 valence electrons. The van der Waals surface area contributed by atoms with E-state index in [2.05, 4.69) is 25.9 Å². The minimum atomic E-state index is -0.221. The molecule has 5 aromatic rings. The molecule has 2 N–H and O–H groups in total. The zero-order chi connectivity index (χ0) is 24.2. The fourth-order valence-corrected chi connectivity index (χ4v) is 4.29. The Morgan fingerprint density at radius 3 is 2.49 bits per heavy atom. The highest BCUT2D eigenvalue weighted by Crippen LogP contribution is 2.26. The second kappa shape index (κ2) is 9.86. The Labute approximate surface area is 205 Å². The van der Waals surface area contributed by atoms with E-state index >= 15 is 0 Å². The number of benzene rings is 3. The third kappa shape index (κ3) is 5.10. The van der Waals surface area contributed by atoms with Crippen molar-refractivity contribution in [2.24, 2.45) is 0 Å². The first kappa shape index (κ1) is 22.4. The normalized spacial score (nSPS) is 10.9. The van der Waals surface area contributed by atoms with Crippen molar-refractivity contribution >= 4 is 45.0 Å². The number of amides is 2. The third-order valence-electron chi connectivity index (χ3n) is 5.48. The van der Waals surface area contributed by atoms with E-state index in [1.54, 1.807) is 12.1 Å². The van der Waals surface area contributed by atoms with E-state index in [0.29, 0.717) is 23.7 Å². The van der Waals surface area contributed by atoms with Crippen molar-refractivity contribution in [3.05, 3.63) is 89.3 Å². The number of anilines is 2. The Hall–Kier alpha value is -4.37. The Balaban J connectivity index is 1.22. The number of nitrogens with zero attached hydrogens (tertiary/aromatic N) is 4. The van der Waals surface area contributed by atoms with Gasteiger partial charge in [0.1, 0.15) is 5.52 Å². The highest BCUT2D eigenvalue weighted by Gasteiger charge is 2.11. The molecule has 0 aliphatic carbocycles. The molecule has 2 heterocycles. The molecule has 0 fully saturated rings. The van der Waals surface area contributed by atoms with Gasteiger partial charge in [0.15, 0.2) is 5.13 Å². The third-order valence-corrected chi connectivity index (χ3v) is 6.24. The minimum absolute atomic E-state index is 0.0312. The van der Waals surface area contributed by atoms with Crippen LogP contribution in [-0.2, 0) is 11.3 Å². The first-order valence-corrected chi connectivity index (χ1v) is 12.0. The van der Waals surface area contributed by atoms with Gasteiger partial charge in [-0.3, -0.25) is 14.9 Å². The van der Waals surface area contributed by atoms with Crippen molar-refractivity contribution in [1.29, 1.82) is 0 Å². The molecule has 0 aliphatic heterocycles. The number of thiazole rings is 1. The molecule has 0 atom stereocenters. The van der Waals surface area contributed by atoms with E-state index in [4.69, 9.17) is 0 Å². The number of rotatable bonds is 7. The standard InChI is InChI=1S/C26H22N6O2S/c1-2-24(33)27-20-13-11-18(12-14-20)22-16-35-26(28-22)29-25(34)19-9-7-17(8-10-19)15-32-23-6-4-3-5-21(23)30-31-32/h3-14,16H,2,15H2,1H3,(H,27,33)(H,28,29,34). The van der Waals surface area contributed by atoms with Crippen LogP contribution in [0.2, 0.25) is 0 Å². The molecule has 8 nitrogen and oxygen atoms in total. The molecule has 0 aliphatic rings. The summed E-state index contributed by atoms with van der Waals surface area (Å²) >= 11 is 1.36. The van der Waals surface area contributed by atoms with Crippen molar-refractivity contribution in [3.8, 4) is 11.3 Å². The number of hydrogen-bond acceptors (Lipinski definition) is 6. The maximum absolute atomic E-state index is 12.7. The Kier molecular flexibility index (Phi) is 6.32. The van der Waals surface area contributed by atoms with Crippen LogP contribution in [0, 0.1) is 0 Å². The van der Waals surface area contributed by atoms with Crippen molar-refractivity contribution in [2.75, 3.05) is 10.6 Å². The van der Waals surface area contributed by atoms with Gasteiger partial charge in [-0.05, 0) is 42.0 Å². The molecule has 5 rings (SSSR count). The van der Waals surface area contributed by atoms with Gasteiger partial charge in [-0.15, -0.1) is 16.4 Å². The van der Waals surface area contributed by atoms with Gasteiger partial charge < -0.3 is 5.32 Å². The minimum Gasteiger partial charge on any atom is -0.326 e. The average Bonchev–Trinajstić information content (AvgIpc) is 3.52. The number of hydrogen-bond donors (Lipinski definition) is 2. The van der Waals surface area contributed by atoms with Gasteiger partial charge in [-0.1, -0.05) is 48.5 Å². The number of aromatic nitrogens is 4. The zero-order valence-electron chi connectivity index (χ0n) is 18.9. The number of carbonyl (C=O) groups is 2. The highest BCUT2D eigenvalue weighted by molar-refractivity contribution is 7.14. The molecule has 2 amide bonds. The van der Waals surface area contributed by atoms with E-state index in [9.17, 15) is 9.59 Å². The van der Waals surface area contributed by atoms with Gasteiger partial charge >= 0.3 is 0 Å². The molecule has 0 unspecified atom stereocenters. The van der Waals surface area contributed by atoms with Crippen LogP contribution in [0.5, 0.6) is 0 Å². The summed E-state index contributed by atoms with van der Waals surface area (Å²) in [6.07, 6.45) is 0.429. The topological polar surface area (TPSA) is 102 Å². The molecule has 9 heteroatoms. The van der Waals surface area contributed by atoms with E-state index in [1.165, 1.54) is 11.3 Å². The lowest BCUT2D eigenvalue weighted by Gasteiger charge is -2.05. The second-order valence-electron chi connectivity index (χ2n) is 7.90. The fourth-order valence-electron chi connectivity index (χ4n) is 3.58. The van der Waals surface area contributed by atoms with E-state index in [1.807, 2.05) is 77.6 Å². The predicted molar refractivity (Wildman–Crippen MR) is 137 cm³/mol. The van der Waals surface area contributed by atoms with Crippen LogP contribution < -0.4 is 10.6 Å². The van der Waals surface area contributed by atoms with Gasteiger partial charge in [-0.25, -0.2) is 9.67 Å². The first-order valence-electron chi connectivity index (χ1n) is 11.1. The largest absolute Gasteiger partial charge is 0.326 e. The average molecular weight is 483 g/mol. The summed E-state index contributed by atoms with van der Waals surface area (Å²) in [4.78, 5) is 28.8. The molecule has 0 saturated heterocycles. The van der Waals surface area contributed by atoms with E-state index in [-0.39, 0.29) is 11.8 Å². The number of fused-ring (bicyclic) bond motifs is 1. The predicted octanol–water partition coefficient (Wildman–Crippen LogP) is 5.20. The van der Waals surface area contributed by atoms with Gasteiger partial charge in [0, 0.05) is 28.6 Å². The summed E-state index contributed by atoms with van der Waals surface area (Å²) < 4.78 is 1.84. The van der Waals surface area contributed by atoms with Gasteiger partial charge in [-0.2, -0.15) is 0 Å². The van der Waals surface area contributed by atoms with Gasteiger partial charge in [0.2, 0.25) is 5.91 Å². The van der Waals surface area contributed by atoms with Gasteiger partial charge in [0.25, 0.3) is 5.91 Å². The maximum atomic E-state index is 12.7. The van der Waals surface area contributed by atoms with E-state index in [0.717, 1.165) is 33.5 Å². The molecule has 3 aromatic carbocycles. The van der Waals surface area contributed by atoms with Gasteiger partial charge in [0.05, 0.1) is 17.8 Å². The fraction of sp³-hybridized carbons (Fsp3) is 0.115. The molecule has 2 aromatic heterocycles. The zero-order valence-corrected chi connectivity index (χ0v) is 19.7. The summed E-state index contributed by atoms with van der Waals surface area (Å²) in [5.41, 5.74) is 5.79. The Morgan fingerprint density at radius 2 is 1.71 bits per heavy atom. The molecule has 0 radical (unpaired) electrons. The SMILES string of the molecule is CCC(=O)Nc1ccc(-c2csc(NC(=O)c3ccc(Cn4nnc5ccccc54)cc3)n2)cc1. The molecule has 35 heavy (non-hydrogen) atoms. The number of para-hydroxylation sites is 1. The van der Waals surface area contributed by atoms with Crippen LogP contribution in [0.25, 0.3) is 22.3 Å². The summed E-state index contributed by atoms with van der Waals surface area (Å²) in [5, 5.41) is 16.5. The Morgan fingerprint density at radius 1 is 0.943 bits per heavy atom. The van der Waals surface area contributed by atoms with Crippen LogP contribution in [0.1, 0.15) is 29.3 Å². The van der Waals surface area contributed by atoms with Crippen LogP contribution in [0.15, 0.2) is 78.2 Å². The van der Waals surface area contributed by atoms with Crippen LogP contribution >= 0.6 is 11.3 Å². The lowest BCUT2D eigenvalue weighted by molar-refractivity contribution is -0.115. The smallest absolute Gasteiger partial charge is 0.257 e. The molecule has 0 bridgehead atoms. The summed E-state index contributed by atoms with van der Waals surface area (Å²) in [5.74, 6) is -0.252. The number of nitrogens with one attached hydrogen (secondary N) is 2. The molecular formula is C26H22N6O2S. The maximum Gasteiger partial charge on any atom is 0.257 e. The molecule has 0 saturated carbocycles. The van der Waals surface area contributed by atoms with Crippen LogP contribution in [0.4, 0.5) is 10.8 Å². The monoisotopic (exact) mass is 482 g/mol. The quantitative estimate of drug-likeness (QED) is 0.332. The molecular weight excluding hydrogens is 460 g/mol. The Bertz CT molecular complexity index is 1490. The van der Waals surface area contributed by atoms with E-state index < -0.39 is 0 Å².